The molecule has 0 fully saturated rings. The maximum Gasteiger partial charge on any atom is 0.231 e. The number of amides is 1. The molecule has 1 aromatic carbocycles. The molecule has 0 saturated heterocycles. The van der Waals surface area contributed by atoms with Gasteiger partial charge in [0.05, 0.1) is 12.5 Å². The number of ether oxygens (including phenoxy) is 3. The zero-order valence-electron chi connectivity index (χ0n) is 8.56. The number of primary amides is 1. The second-order valence-electron chi connectivity index (χ2n) is 3.81. The van der Waals surface area contributed by atoms with Crippen molar-refractivity contribution in [1.29, 1.82) is 0 Å². The lowest BCUT2D eigenvalue weighted by Crippen LogP contribution is -2.26. The lowest BCUT2D eigenvalue weighted by molar-refractivity contribution is -0.120. The van der Waals surface area contributed by atoms with Gasteiger partial charge in [0.2, 0.25) is 18.4 Å². The molecule has 0 saturated carbocycles. The minimum absolute atomic E-state index is 0.191. The van der Waals surface area contributed by atoms with Crippen LogP contribution in [0.4, 0.5) is 0 Å². The molecule has 0 spiro atoms. The summed E-state index contributed by atoms with van der Waals surface area (Å²) in [6.45, 7) is 0.663. The first kappa shape index (κ1) is 9.33. The molecule has 3 rings (SSSR count). The van der Waals surface area contributed by atoms with Crippen molar-refractivity contribution in [2.45, 2.75) is 12.3 Å². The number of rotatable bonds is 1. The van der Waals surface area contributed by atoms with Gasteiger partial charge in [-0.25, -0.2) is 0 Å². The van der Waals surface area contributed by atoms with Gasteiger partial charge >= 0.3 is 0 Å². The van der Waals surface area contributed by atoms with Crippen molar-refractivity contribution in [2.24, 2.45) is 5.73 Å². The number of hydrogen-bond donors (Lipinski definition) is 1. The van der Waals surface area contributed by atoms with Crippen molar-refractivity contribution in [3.8, 4) is 17.2 Å². The van der Waals surface area contributed by atoms with Crippen LogP contribution < -0.4 is 19.9 Å². The summed E-state index contributed by atoms with van der Waals surface area (Å²) in [5.74, 6) is 1.22. The minimum atomic E-state index is -0.330. The van der Waals surface area contributed by atoms with E-state index in [9.17, 15) is 4.79 Å². The molecule has 5 heteroatoms. The summed E-state index contributed by atoms with van der Waals surface area (Å²) in [4.78, 5) is 11.3. The molecule has 1 atom stereocenters. The Hall–Kier alpha value is -1.91. The first-order valence-corrected chi connectivity index (χ1v) is 5.12. The van der Waals surface area contributed by atoms with E-state index in [1.165, 1.54) is 0 Å². The monoisotopic (exact) mass is 221 g/mol. The average Bonchev–Trinajstić information content (AvgIpc) is 2.76. The third-order valence-electron chi connectivity index (χ3n) is 2.90. The molecule has 16 heavy (non-hydrogen) atoms. The van der Waals surface area contributed by atoms with Gasteiger partial charge in [0.1, 0.15) is 0 Å². The Bertz CT molecular complexity index is 458. The van der Waals surface area contributed by atoms with Gasteiger partial charge < -0.3 is 19.9 Å². The van der Waals surface area contributed by atoms with Crippen LogP contribution in [0.25, 0.3) is 0 Å². The summed E-state index contributed by atoms with van der Waals surface area (Å²) in [5.41, 5.74) is 6.16. The number of benzene rings is 1. The highest BCUT2D eigenvalue weighted by Crippen LogP contribution is 2.47. The second-order valence-corrected chi connectivity index (χ2v) is 3.81. The summed E-state index contributed by atoms with van der Waals surface area (Å²) < 4.78 is 16.1. The SMILES string of the molecule is NC(=O)C1CCOc2c1ccc1c2OCO1. The highest BCUT2D eigenvalue weighted by atomic mass is 16.7. The first-order valence-electron chi connectivity index (χ1n) is 5.12. The molecule has 0 aromatic heterocycles. The normalized spacial score (nSPS) is 21.1. The van der Waals surface area contributed by atoms with Gasteiger partial charge in [-0.2, -0.15) is 0 Å². The highest BCUT2D eigenvalue weighted by Gasteiger charge is 2.31. The van der Waals surface area contributed by atoms with Crippen LogP contribution in [0.5, 0.6) is 17.2 Å². The third kappa shape index (κ3) is 1.21. The lowest BCUT2D eigenvalue weighted by Gasteiger charge is -2.24. The Labute approximate surface area is 92.1 Å². The van der Waals surface area contributed by atoms with Crippen molar-refractivity contribution in [3.05, 3.63) is 17.7 Å². The van der Waals surface area contributed by atoms with E-state index in [1.807, 2.05) is 6.07 Å². The zero-order valence-corrected chi connectivity index (χ0v) is 8.56. The van der Waals surface area contributed by atoms with Crippen LogP contribution in [-0.2, 0) is 4.79 Å². The fourth-order valence-electron chi connectivity index (χ4n) is 2.12. The molecule has 0 bridgehead atoms. The Morgan fingerprint density at radius 1 is 1.25 bits per heavy atom. The first-order chi connectivity index (χ1) is 7.77. The maximum atomic E-state index is 11.3. The van der Waals surface area contributed by atoms with E-state index in [-0.39, 0.29) is 18.6 Å². The Morgan fingerprint density at radius 3 is 2.94 bits per heavy atom. The topological polar surface area (TPSA) is 70.8 Å². The third-order valence-corrected chi connectivity index (χ3v) is 2.90. The van der Waals surface area contributed by atoms with Gasteiger partial charge in [0, 0.05) is 5.56 Å². The van der Waals surface area contributed by atoms with Gasteiger partial charge in [-0.1, -0.05) is 6.07 Å². The quantitative estimate of drug-likeness (QED) is 0.760. The number of carbonyl (C=O) groups is 1. The predicted molar refractivity (Wildman–Crippen MR) is 54.6 cm³/mol. The van der Waals surface area contributed by atoms with Crippen LogP contribution in [0.2, 0.25) is 0 Å². The maximum absolute atomic E-state index is 11.3. The van der Waals surface area contributed by atoms with Crippen molar-refractivity contribution in [3.63, 3.8) is 0 Å². The standard InChI is InChI=1S/C11H11NO4/c12-11(13)7-3-4-14-9-6(7)1-2-8-10(9)16-5-15-8/h1-2,7H,3-5H2,(H2,12,13). The molecule has 1 aromatic rings. The van der Waals surface area contributed by atoms with Crippen LogP contribution in [0.15, 0.2) is 12.1 Å². The molecular weight excluding hydrogens is 210 g/mol. The molecule has 2 aliphatic rings. The van der Waals surface area contributed by atoms with E-state index < -0.39 is 0 Å². The number of nitrogens with two attached hydrogens (primary N) is 1. The van der Waals surface area contributed by atoms with Crippen molar-refractivity contribution >= 4 is 5.91 Å². The van der Waals surface area contributed by atoms with Gasteiger partial charge in [0.25, 0.3) is 0 Å². The van der Waals surface area contributed by atoms with Crippen LogP contribution in [0, 0.1) is 0 Å². The zero-order chi connectivity index (χ0) is 11.1. The summed E-state index contributed by atoms with van der Waals surface area (Å²) in [6, 6.07) is 3.60. The van der Waals surface area contributed by atoms with Gasteiger partial charge in [-0.15, -0.1) is 0 Å². The van der Waals surface area contributed by atoms with Gasteiger partial charge in [-0.05, 0) is 12.5 Å². The molecular formula is C11H11NO4. The summed E-state index contributed by atoms with van der Waals surface area (Å²) in [7, 11) is 0. The average molecular weight is 221 g/mol. The summed E-state index contributed by atoms with van der Waals surface area (Å²) >= 11 is 0. The minimum Gasteiger partial charge on any atom is -0.489 e. The predicted octanol–water partition coefficient (Wildman–Crippen LogP) is 0.767. The van der Waals surface area contributed by atoms with Crippen molar-refractivity contribution < 1.29 is 19.0 Å². The smallest absolute Gasteiger partial charge is 0.231 e. The van der Waals surface area contributed by atoms with Crippen molar-refractivity contribution in [2.75, 3.05) is 13.4 Å². The molecule has 5 nitrogen and oxygen atoms in total. The lowest BCUT2D eigenvalue weighted by atomic mass is 9.92. The van der Waals surface area contributed by atoms with E-state index in [4.69, 9.17) is 19.9 Å². The Kier molecular flexibility index (Phi) is 1.92. The molecule has 1 amide bonds. The van der Waals surface area contributed by atoms with E-state index >= 15 is 0 Å². The fraction of sp³-hybridized carbons (Fsp3) is 0.364. The fourth-order valence-corrected chi connectivity index (χ4v) is 2.12. The second kappa shape index (κ2) is 3.30. The van der Waals surface area contributed by atoms with Crippen LogP contribution in [0.1, 0.15) is 17.9 Å². The Balaban J connectivity index is 2.13. The number of carbonyl (C=O) groups excluding carboxylic acids is 1. The van der Waals surface area contributed by atoms with Crippen LogP contribution in [0.3, 0.4) is 0 Å². The van der Waals surface area contributed by atoms with Crippen LogP contribution >= 0.6 is 0 Å². The van der Waals surface area contributed by atoms with Gasteiger partial charge in [0.15, 0.2) is 11.5 Å². The van der Waals surface area contributed by atoms with E-state index in [1.54, 1.807) is 6.07 Å². The molecule has 84 valence electrons. The van der Waals surface area contributed by atoms with E-state index in [0.717, 1.165) is 5.56 Å². The molecule has 2 aliphatic heterocycles. The van der Waals surface area contributed by atoms with E-state index in [2.05, 4.69) is 0 Å². The summed E-state index contributed by atoms with van der Waals surface area (Å²) in [6.07, 6.45) is 0.613. The van der Waals surface area contributed by atoms with Crippen LogP contribution in [-0.4, -0.2) is 19.3 Å². The molecule has 1 unspecified atom stereocenters. The Morgan fingerprint density at radius 2 is 2.12 bits per heavy atom. The summed E-state index contributed by atoms with van der Waals surface area (Å²) in [5, 5.41) is 0. The largest absolute Gasteiger partial charge is 0.489 e. The number of hydrogen-bond acceptors (Lipinski definition) is 4. The van der Waals surface area contributed by atoms with Gasteiger partial charge in [-0.3, -0.25) is 4.79 Å². The number of fused-ring (bicyclic) bond motifs is 3. The molecule has 2 N–H and O–H groups in total. The van der Waals surface area contributed by atoms with Crippen molar-refractivity contribution in [1.82, 2.24) is 0 Å². The van der Waals surface area contributed by atoms with E-state index in [0.29, 0.717) is 30.3 Å². The molecule has 0 radical (unpaired) electrons. The molecule has 0 aliphatic carbocycles. The molecule has 2 heterocycles. The highest BCUT2D eigenvalue weighted by molar-refractivity contribution is 5.84.